The van der Waals surface area contributed by atoms with Gasteiger partial charge in [0.2, 0.25) is 17.7 Å². The Kier molecular flexibility index (Phi) is 8.67. The second-order valence-electron chi connectivity index (χ2n) is 6.70. The monoisotopic (exact) mass is 433 g/mol. The summed E-state index contributed by atoms with van der Waals surface area (Å²) in [6, 6.07) is 12.2. The molecule has 0 spiro atoms. The van der Waals surface area contributed by atoms with E-state index in [-0.39, 0.29) is 18.6 Å². The van der Waals surface area contributed by atoms with Crippen LogP contribution in [0.25, 0.3) is 0 Å². The van der Waals surface area contributed by atoms with E-state index in [1.807, 2.05) is 0 Å². The Hall–Kier alpha value is -3.07. The topological polar surface area (TPSA) is 118 Å². The number of halogens is 1. The molecule has 4 N–H and O–H groups in total. The standard InChI is InChI=1S/C21H24FN3O4S/c1-14(26)24-19(13-15-7-9-16(22)10-8-15)21(28)25-18(20(23)27)11-12-30(29)17-5-3-2-4-6-17/h2-10,18-19H,11-13H2,1H3,(H2,23,27)(H,24,26)(H,25,28)/t18-,19-,30+/m1/s1. The van der Waals surface area contributed by atoms with Crippen LogP contribution in [0.2, 0.25) is 0 Å². The molecule has 0 aliphatic rings. The number of benzene rings is 2. The molecule has 0 aliphatic carbocycles. The first-order valence-corrected chi connectivity index (χ1v) is 10.6. The minimum Gasteiger partial charge on any atom is -0.368 e. The maximum atomic E-state index is 13.1. The van der Waals surface area contributed by atoms with Crippen molar-refractivity contribution >= 4 is 28.5 Å². The molecule has 0 aliphatic heterocycles. The summed E-state index contributed by atoms with van der Waals surface area (Å²) in [6.07, 6.45) is 0.180. The molecule has 2 rings (SSSR count). The number of rotatable bonds is 10. The molecule has 30 heavy (non-hydrogen) atoms. The molecule has 0 heterocycles. The first-order valence-electron chi connectivity index (χ1n) is 9.31. The van der Waals surface area contributed by atoms with Crippen molar-refractivity contribution in [3.63, 3.8) is 0 Å². The van der Waals surface area contributed by atoms with Crippen molar-refractivity contribution in [3.8, 4) is 0 Å². The van der Waals surface area contributed by atoms with E-state index in [0.717, 1.165) is 0 Å². The number of carbonyl (C=O) groups excluding carboxylic acids is 3. The largest absolute Gasteiger partial charge is 0.368 e. The van der Waals surface area contributed by atoms with Crippen LogP contribution in [0.5, 0.6) is 0 Å². The highest BCUT2D eigenvalue weighted by molar-refractivity contribution is 7.85. The molecule has 3 atom stereocenters. The van der Waals surface area contributed by atoms with Crippen LogP contribution < -0.4 is 16.4 Å². The van der Waals surface area contributed by atoms with Crippen LogP contribution in [-0.4, -0.2) is 39.8 Å². The van der Waals surface area contributed by atoms with Crippen molar-refractivity contribution in [1.29, 1.82) is 0 Å². The summed E-state index contributed by atoms with van der Waals surface area (Å²) in [5.41, 5.74) is 6.03. The number of nitrogens with two attached hydrogens (primary N) is 1. The molecule has 2 aromatic rings. The van der Waals surface area contributed by atoms with Gasteiger partial charge >= 0.3 is 0 Å². The molecule has 0 aromatic heterocycles. The van der Waals surface area contributed by atoms with Crippen molar-refractivity contribution in [2.75, 3.05) is 5.75 Å². The van der Waals surface area contributed by atoms with Crippen LogP contribution in [0.4, 0.5) is 4.39 Å². The molecule has 7 nitrogen and oxygen atoms in total. The van der Waals surface area contributed by atoms with Gasteiger partial charge in [0.25, 0.3) is 0 Å². The molecule has 9 heteroatoms. The Morgan fingerprint density at radius 3 is 2.20 bits per heavy atom. The number of primary amides is 1. The lowest BCUT2D eigenvalue weighted by Crippen LogP contribution is -2.53. The molecule has 0 saturated heterocycles. The second kappa shape index (κ2) is 11.2. The zero-order valence-corrected chi connectivity index (χ0v) is 17.3. The third-order valence-corrected chi connectivity index (χ3v) is 5.71. The van der Waals surface area contributed by atoms with Crippen LogP contribution in [0.15, 0.2) is 59.5 Å². The summed E-state index contributed by atoms with van der Waals surface area (Å²) >= 11 is 0. The normalized spacial score (nSPS) is 13.7. The van der Waals surface area contributed by atoms with E-state index >= 15 is 0 Å². The van der Waals surface area contributed by atoms with Gasteiger partial charge in [0.15, 0.2) is 0 Å². The van der Waals surface area contributed by atoms with Crippen LogP contribution in [0.3, 0.4) is 0 Å². The first kappa shape index (κ1) is 23.2. The minimum atomic E-state index is -1.35. The van der Waals surface area contributed by atoms with E-state index in [1.165, 1.54) is 31.2 Å². The Bertz CT molecular complexity index is 906. The number of nitrogens with one attached hydrogen (secondary N) is 2. The molecule has 0 radical (unpaired) electrons. The van der Waals surface area contributed by atoms with E-state index in [1.54, 1.807) is 30.3 Å². The number of hydrogen-bond donors (Lipinski definition) is 3. The lowest BCUT2D eigenvalue weighted by atomic mass is 10.0. The Balaban J connectivity index is 2.03. The van der Waals surface area contributed by atoms with Gasteiger partial charge in [-0.3, -0.25) is 18.6 Å². The van der Waals surface area contributed by atoms with Gasteiger partial charge < -0.3 is 16.4 Å². The third kappa shape index (κ3) is 7.40. The number of hydrogen-bond acceptors (Lipinski definition) is 4. The smallest absolute Gasteiger partial charge is 0.243 e. The Morgan fingerprint density at radius 1 is 1.00 bits per heavy atom. The van der Waals surface area contributed by atoms with Crippen LogP contribution in [-0.2, 0) is 31.6 Å². The van der Waals surface area contributed by atoms with Gasteiger partial charge in [0.1, 0.15) is 17.9 Å². The van der Waals surface area contributed by atoms with E-state index in [2.05, 4.69) is 10.6 Å². The predicted molar refractivity (Wildman–Crippen MR) is 111 cm³/mol. The zero-order valence-electron chi connectivity index (χ0n) is 16.5. The predicted octanol–water partition coefficient (Wildman–Crippen LogP) is 1.04. The third-order valence-electron chi connectivity index (χ3n) is 4.31. The fraction of sp³-hybridized carbons (Fsp3) is 0.286. The molecule has 0 saturated carbocycles. The van der Waals surface area contributed by atoms with E-state index < -0.39 is 46.4 Å². The van der Waals surface area contributed by atoms with Crippen molar-refractivity contribution in [2.45, 2.75) is 36.7 Å². The summed E-state index contributed by atoms with van der Waals surface area (Å²) in [6.45, 7) is 1.26. The molecule has 2 aromatic carbocycles. The van der Waals surface area contributed by atoms with Crippen molar-refractivity contribution in [1.82, 2.24) is 10.6 Å². The van der Waals surface area contributed by atoms with E-state index in [4.69, 9.17) is 5.73 Å². The second-order valence-corrected chi connectivity index (χ2v) is 8.27. The fourth-order valence-electron chi connectivity index (χ4n) is 2.78. The quantitative estimate of drug-likeness (QED) is 0.519. The summed E-state index contributed by atoms with van der Waals surface area (Å²) in [5.74, 6) is -2.10. The number of carbonyl (C=O) groups is 3. The zero-order chi connectivity index (χ0) is 22.1. The molecular weight excluding hydrogens is 409 g/mol. The molecule has 3 amide bonds. The van der Waals surface area contributed by atoms with Crippen LogP contribution in [0.1, 0.15) is 18.9 Å². The van der Waals surface area contributed by atoms with Gasteiger partial charge in [0.05, 0.1) is 10.8 Å². The molecule has 0 bridgehead atoms. The SMILES string of the molecule is CC(=O)N[C@H](Cc1ccc(F)cc1)C(=O)N[C@H](CC[S@](=O)c1ccccc1)C(N)=O. The average Bonchev–Trinajstić information content (AvgIpc) is 2.71. The van der Waals surface area contributed by atoms with Gasteiger partial charge in [0, 0.05) is 24.0 Å². The summed E-state index contributed by atoms with van der Waals surface area (Å²) in [7, 11) is -1.35. The van der Waals surface area contributed by atoms with Gasteiger partial charge in [-0.1, -0.05) is 30.3 Å². The number of amides is 3. The maximum absolute atomic E-state index is 13.1. The molecule has 0 fully saturated rings. The van der Waals surface area contributed by atoms with Crippen molar-refractivity contribution in [3.05, 3.63) is 66.0 Å². The van der Waals surface area contributed by atoms with E-state index in [0.29, 0.717) is 10.5 Å². The van der Waals surface area contributed by atoms with Gasteiger partial charge in [-0.05, 0) is 36.2 Å². The van der Waals surface area contributed by atoms with Crippen LogP contribution in [0, 0.1) is 5.82 Å². The van der Waals surface area contributed by atoms with Gasteiger partial charge in [-0.15, -0.1) is 0 Å². The highest BCUT2D eigenvalue weighted by Crippen LogP contribution is 2.09. The molecule has 160 valence electrons. The fourth-order valence-corrected chi connectivity index (χ4v) is 3.93. The van der Waals surface area contributed by atoms with Crippen molar-refractivity contribution < 1.29 is 23.0 Å². The summed E-state index contributed by atoms with van der Waals surface area (Å²) in [4.78, 5) is 36.6. The lowest BCUT2D eigenvalue weighted by Gasteiger charge is -2.21. The van der Waals surface area contributed by atoms with E-state index in [9.17, 15) is 23.0 Å². The Labute approximate surface area is 176 Å². The Morgan fingerprint density at radius 2 is 1.63 bits per heavy atom. The summed E-state index contributed by atoms with van der Waals surface area (Å²) in [5, 5.41) is 5.04. The molecule has 0 unspecified atom stereocenters. The summed E-state index contributed by atoms with van der Waals surface area (Å²) < 4.78 is 25.5. The molecular formula is C21H24FN3O4S. The minimum absolute atomic E-state index is 0.0753. The van der Waals surface area contributed by atoms with Gasteiger partial charge in [-0.25, -0.2) is 4.39 Å². The van der Waals surface area contributed by atoms with Crippen molar-refractivity contribution in [2.24, 2.45) is 5.73 Å². The maximum Gasteiger partial charge on any atom is 0.243 e. The lowest BCUT2D eigenvalue weighted by molar-refractivity contribution is -0.130. The van der Waals surface area contributed by atoms with Crippen LogP contribution >= 0.6 is 0 Å². The highest BCUT2D eigenvalue weighted by atomic mass is 32.2. The highest BCUT2D eigenvalue weighted by Gasteiger charge is 2.25. The first-order chi connectivity index (χ1) is 14.3. The average molecular weight is 434 g/mol. The van der Waals surface area contributed by atoms with Gasteiger partial charge in [-0.2, -0.15) is 0 Å².